The maximum Gasteiger partial charge on any atom is 0.184 e. The molecule has 0 bridgehead atoms. The second kappa shape index (κ2) is 4.64. The number of halogens is 1. The average Bonchev–Trinajstić information content (AvgIpc) is 2.81. The molecule has 0 saturated carbocycles. The van der Waals surface area contributed by atoms with Crippen LogP contribution in [0.25, 0.3) is 16.9 Å². The molecule has 0 amide bonds. The SMILES string of the molecule is CS(=O)(=O)c1ccc(-n2nnc3ccc(Br)nc32)cc1. The summed E-state index contributed by atoms with van der Waals surface area (Å²) >= 11 is 3.30. The summed E-state index contributed by atoms with van der Waals surface area (Å²) in [6.07, 6.45) is 1.17. The Balaban J connectivity index is 2.14. The van der Waals surface area contributed by atoms with Crippen molar-refractivity contribution < 1.29 is 8.42 Å². The minimum atomic E-state index is -3.21. The number of pyridine rings is 1. The summed E-state index contributed by atoms with van der Waals surface area (Å²) in [7, 11) is -3.21. The predicted octanol–water partition coefficient (Wildman–Crippen LogP) is 1.98. The number of aromatic nitrogens is 4. The van der Waals surface area contributed by atoms with Crippen LogP contribution in [0.1, 0.15) is 0 Å². The highest BCUT2D eigenvalue weighted by atomic mass is 79.9. The molecule has 8 heteroatoms. The van der Waals surface area contributed by atoms with Crippen molar-refractivity contribution in [2.24, 2.45) is 0 Å². The Kier molecular flexibility index (Phi) is 3.06. The van der Waals surface area contributed by atoms with E-state index in [0.717, 1.165) is 0 Å². The van der Waals surface area contributed by atoms with E-state index in [2.05, 4.69) is 31.2 Å². The van der Waals surface area contributed by atoms with Crippen LogP contribution >= 0.6 is 15.9 Å². The molecular weight excluding hydrogens is 344 g/mol. The molecule has 0 N–H and O–H groups in total. The molecule has 0 aliphatic heterocycles. The molecule has 0 aliphatic carbocycles. The summed E-state index contributed by atoms with van der Waals surface area (Å²) in [5, 5.41) is 8.05. The number of fused-ring (bicyclic) bond motifs is 1. The Morgan fingerprint density at radius 3 is 2.45 bits per heavy atom. The lowest BCUT2D eigenvalue weighted by Gasteiger charge is -2.03. The molecular formula is C12H9BrN4O2S. The number of rotatable bonds is 2. The van der Waals surface area contributed by atoms with Crippen LogP contribution in [0.4, 0.5) is 0 Å². The number of hydrogen-bond donors (Lipinski definition) is 0. The third-order valence-electron chi connectivity index (χ3n) is 2.77. The maximum atomic E-state index is 11.4. The molecule has 1 aromatic carbocycles. The molecule has 6 nitrogen and oxygen atoms in total. The van der Waals surface area contributed by atoms with Gasteiger partial charge in [0.25, 0.3) is 0 Å². The highest BCUT2D eigenvalue weighted by Gasteiger charge is 2.10. The molecule has 0 aliphatic rings. The van der Waals surface area contributed by atoms with Gasteiger partial charge in [-0.25, -0.2) is 13.4 Å². The zero-order valence-corrected chi connectivity index (χ0v) is 12.8. The molecule has 0 saturated heterocycles. The predicted molar refractivity (Wildman–Crippen MR) is 77.5 cm³/mol. The molecule has 2 heterocycles. The first-order chi connectivity index (χ1) is 9.45. The molecule has 0 radical (unpaired) electrons. The van der Waals surface area contributed by atoms with E-state index in [4.69, 9.17) is 0 Å². The van der Waals surface area contributed by atoms with E-state index in [0.29, 0.717) is 21.5 Å². The summed E-state index contributed by atoms with van der Waals surface area (Å²) in [6, 6.07) is 10.0. The summed E-state index contributed by atoms with van der Waals surface area (Å²) in [4.78, 5) is 4.58. The Hall–Kier alpha value is -1.80. The Labute approximate surface area is 123 Å². The number of benzene rings is 1. The lowest BCUT2D eigenvalue weighted by atomic mass is 10.3. The van der Waals surface area contributed by atoms with Crippen LogP contribution in [0, 0.1) is 0 Å². The monoisotopic (exact) mass is 352 g/mol. The number of hydrogen-bond acceptors (Lipinski definition) is 5. The fraction of sp³-hybridized carbons (Fsp3) is 0.0833. The van der Waals surface area contributed by atoms with Crippen molar-refractivity contribution in [3.05, 3.63) is 41.0 Å². The minimum Gasteiger partial charge on any atom is -0.224 e. The van der Waals surface area contributed by atoms with Gasteiger partial charge in [0, 0.05) is 6.26 Å². The molecule has 0 unspecified atom stereocenters. The van der Waals surface area contributed by atoms with Gasteiger partial charge in [-0.3, -0.25) is 0 Å². The molecule has 20 heavy (non-hydrogen) atoms. The van der Waals surface area contributed by atoms with E-state index in [1.807, 2.05) is 0 Å². The third kappa shape index (κ3) is 2.32. The van der Waals surface area contributed by atoms with Crippen LogP contribution in [0.3, 0.4) is 0 Å². The molecule has 2 aromatic heterocycles. The van der Waals surface area contributed by atoms with E-state index in [1.54, 1.807) is 28.9 Å². The van der Waals surface area contributed by atoms with Crippen LogP contribution in [0.2, 0.25) is 0 Å². The zero-order chi connectivity index (χ0) is 14.3. The Morgan fingerprint density at radius 1 is 1.10 bits per heavy atom. The minimum absolute atomic E-state index is 0.264. The van der Waals surface area contributed by atoms with E-state index < -0.39 is 9.84 Å². The molecule has 102 valence electrons. The second-order valence-electron chi connectivity index (χ2n) is 4.24. The molecule has 0 atom stereocenters. The number of sulfone groups is 1. The van der Waals surface area contributed by atoms with Crippen molar-refractivity contribution in [2.75, 3.05) is 6.26 Å². The van der Waals surface area contributed by atoms with Crippen LogP contribution in [-0.4, -0.2) is 34.7 Å². The van der Waals surface area contributed by atoms with Gasteiger partial charge in [0.15, 0.2) is 15.5 Å². The van der Waals surface area contributed by atoms with Crippen molar-refractivity contribution in [3.8, 4) is 5.69 Å². The van der Waals surface area contributed by atoms with Crippen molar-refractivity contribution in [2.45, 2.75) is 4.90 Å². The molecule has 3 aromatic rings. The van der Waals surface area contributed by atoms with E-state index in [9.17, 15) is 8.42 Å². The topological polar surface area (TPSA) is 77.7 Å². The van der Waals surface area contributed by atoms with Crippen molar-refractivity contribution in [3.63, 3.8) is 0 Å². The summed E-state index contributed by atoms with van der Waals surface area (Å²) < 4.78 is 25.1. The average molecular weight is 353 g/mol. The highest BCUT2D eigenvalue weighted by molar-refractivity contribution is 9.10. The van der Waals surface area contributed by atoms with Gasteiger partial charge in [-0.2, -0.15) is 4.68 Å². The highest BCUT2D eigenvalue weighted by Crippen LogP contribution is 2.18. The third-order valence-corrected chi connectivity index (χ3v) is 4.34. The van der Waals surface area contributed by atoms with Gasteiger partial charge in [0.05, 0.1) is 10.6 Å². The fourth-order valence-electron chi connectivity index (χ4n) is 1.80. The van der Waals surface area contributed by atoms with Gasteiger partial charge in [-0.05, 0) is 52.3 Å². The van der Waals surface area contributed by atoms with Gasteiger partial charge < -0.3 is 0 Å². The summed E-state index contributed by atoms with van der Waals surface area (Å²) in [5.74, 6) is 0. The van der Waals surface area contributed by atoms with Gasteiger partial charge >= 0.3 is 0 Å². The molecule has 0 spiro atoms. The summed E-state index contributed by atoms with van der Waals surface area (Å²) in [5.41, 5.74) is 1.97. The first kappa shape index (κ1) is 13.2. The van der Waals surface area contributed by atoms with Crippen LogP contribution < -0.4 is 0 Å². The lowest BCUT2D eigenvalue weighted by molar-refractivity contribution is 0.602. The van der Waals surface area contributed by atoms with Crippen LogP contribution in [-0.2, 0) is 9.84 Å². The summed E-state index contributed by atoms with van der Waals surface area (Å²) in [6.45, 7) is 0. The smallest absolute Gasteiger partial charge is 0.184 e. The largest absolute Gasteiger partial charge is 0.224 e. The van der Waals surface area contributed by atoms with E-state index in [-0.39, 0.29) is 4.90 Å². The van der Waals surface area contributed by atoms with E-state index in [1.165, 1.54) is 18.4 Å². The molecule has 3 rings (SSSR count). The first-order valence-corrected chi connectivity index (χ1v) is 8.32. The normalized spacial score (nSPS) is 11.9. The van der Waals surface area contributed by atoms with Crippen molar-refractivity contribution in [1.82, 2.24) is 20.0 Å². The number of nitrogens with zero attached hydrogens (tertiary/aromatic N) is 4. The molecule has 0 fully saturated rings. The lowest BCUT2D eigenvalue weighted by Crippen LogP contribution is -2.00. The van der Waals surface area contributed by atoms with Gasteiger partial charge in [-0.15, -0.1) is 5.10 Å². The van der Waals surface area contributed by atoms with Crippen LogP contribution in [0.5, 0.6) is 0 Å². The standard InChI is InChI=1S/C12H9BrN4O2S/c1-20(18,19)9-4-2-8(3-5-9)17-12-10(15-16-17)6-7-11(13)14-12/h2-7H,1H3. The second-order valence-corrected chi connectivity index (χ2v) is 7.07. The van der Waals surface area contributed by atoms with Crippen molar-refractivity contribution >= 4 is 36.9 Å². The zero-order valence-electron chi connectivity index (χ0n) is 10.4. The van der Waals surface area contributed by atoms with Gasteiger partial charge in [0.2, 0.25) is 0 Å². The maximum absolute atomic E-state index is 11.4. The van der Waals surface area contributed by atoms with Crippen LogP contribution in [0.15, 0.2) is 45.9 Å². The van der Waals surface area contributed by atoms with E-state index >= 15 is 0 Å². The fourth-order valence-corrected chi connectivity index (χ4v) is 2.73. The first-order valence-electron chi connectivity index (χ1n) is 5.63. The van der Waals surface area contributed by atoms with Crippen molar-refractivity contribution in [1.29, 1.82) is 0 Å². The van der Waals surface area contributed by atoms with Gasteiger partial charge in [0.1, 0.15) is 10.1 Å². The Morgan fingerprint density at radius 2 is 1.80 bits per heavy atom. The van der Waals surface area contributed by atoms with Gasteiger partial charge in [-0.1, -0.05) is 5.21 Å². The Bertz CT molecular complexity index is 887. The quantitative estimate of drug-likeness (QED) is 0.659.